The highest BCUT2D eigenvalue weighted by Gasteiger charge is 2.45. The molecule has 1 aliphatic heterocycles. The average Bonchev–Trinajstić information content (AvgIpc) is 2.63. The lowest BCUT2D eigenvalue weighted by atomic mass is 9.86. The second-order valence-electron chi connectivity index (χ2n) is 4.14. The van der Waals surface area contributed by atoms with Crippen LogP contribution >= 0.6 is 27.3 Å². The minimum absolute atomic E-state index is 0.109. The van der Waals surface area contributed by atoms with Crippen LogP contribution in [0.4, 0.5) is 0 Å². The molecule has 0 radical (unpaired) electrons. The molecule has 17 heavy (non-hydrogen) atoms. The van der Waals surface area contributed by atoms with Crippen molar-refractivity contribution in [2.45, 2.75) is 6.42 Å². The number of carbonyl (C=O) groups excluding carboxylic acids is 1. The fourth-order valence-electron chi connectivity index (χ4n) is 1.62. The molecule has 0 aromatic carbocycles. The highest BCUT2D eigenvalue weighted by atomic mass is 79.9. The van der Waals surface area contributed by atoms with Crippen LogP contribution in [0.15, 0.2) is 15.9 Å². The van der Waals surface area contributed by atoms with Gasteiger partial charge in [-0.1, -0.05) is 0 Å². The zero-order valence-corrected chi connectivity index (χ0v) is 11.6. The van der Waals surface area contributed by atoms with Crippen molar-refractivity contribution < 1.29 is 14.6 Å². The molecule has 0 unspecified atom stereocenters. The first-order valence-electron chi connectivity index (χ1n) is 5.37. The van der Waals surface area contributed by atoms with Crippen molar-refractivity contribution in [1.29, 1.82) is 0 Å². The Kier molecular flexibility index (Phi) is 4.19. The molecule has 0 atom stereocenters. The van der Waals surface area contributed by atoms with E-state index in [1.165, 1.54) is 4.88 Å². The molecule has 94 valence electrons. The van der Waals surface area contributed by atoms with E-state index in [9.17, 15) is 9.90 Å². The number of nitrogens with one attached hydrogen (secondary N) is 1. The van der Waals surface area contributed by atoms with Crippen LogP contribution in [0.5, 0.6) is 0 Å². The van der Waals surface area contributed by atoms with Gasteiger partial charge in [-0.05, 0) is 34.5 Å². The van der Waals surface area contributed by atoms with Gasteiger partial charge in [0.15, 0.2) is 0 Å². The van der Waals surface area contributed by atoms with Gasteiger partial charge in [-0.25, -0.2) is 0 Å². The van der Waals surface area contributed by atoms with E-state index in [2.05, 4.69) is 21.2 Å². The highest BCUT2D eigenvalue weighted by molar-refractivity contribution is 9.11. The maximum absolute atomic E-state index is 11.8. The van der Waals surface area contributed by atoms with E-state index in [4.69, 9.17) is 4.74 Å². The minimum Gasteiger partial charge on any atom is -0.395 e. The lowest BCUT2D eigenvalue weighted by Gasteiger charge is -2.38. The van der Waals surface area contributed by atoms with Crippen LogP contribution in [-0.4, -0.2) is 37.4 Å². The molecule has 0 saturated carbocycles. The Labute approximate surface area is 112 Å². The van der Waals surface area contributed by atoms with Crippen molar-refractivity contribution in [3.05, 3.63) is 20.8 Å². The van der Waals surface area contributed by atoms with Crippen molar-refractivity contribution in [1.82, 2.24) is 5.32 Å². The summed E-state index contributed by atoms with van der Waals surface area (Å²) in [6, 6.07) is 4.03. The third kappa shape index (κ3) is 2.88. The summed E-state index contributed by atoms with van der Waals surface area (Å²) in [6.07, 6.45) is 0.810. The molecule has 0 bridgehead atoms. The Morgan fingerprint density at radius 1 is 1.59 bits per heavy atom. The topological polar surface area (TPSA) is 58.6 Å². The zero-order chi connectivity index (χ0) is 12.3. The van der Waals surface area contributed by atoms with Crippen LogP contribution in [0.3, 0.4) is 0 Å². The summed E-state index contributed by atoms with van der Waals surface area (Å²) < 4.78 is 6.09. The van der Waals surface area contributed by atoms with Crippen LogP contribution in [-0.2, 0) is 16.0 Å². The number of hydrogen-bond donors (Lipinski definition) is 2. The Hall–Kier alpha value is -0.430. The Morgan fingerprint density at radius 3 is 2.82 bits per heavy atom. The quantitative estimate of drug-likeness (QED) is 0.856. The molecule has 0 aliphatic carbocycles. The van der Waals surface area contributed by atoms with Crippen LogP contribution < -0.4 is 5.32 Å². The van der Waals surface area contributed by atoms with Crippen molar-refractivity contribution in [3.63, 3.8) is 0 Å². The lowest BCUT2D eigenvalue weighted by molar-refractivity contribution is -0.169. The van der Waals surface area contributed by atoms with E-state index < -0.39 is 5.41 Å². The van der Waals surface area contributed by atoms with Crippen LogP contribution in [0, 0.1) is 5.41 Å². The molecular formula is C11H14BrNO3S. The minimum atomic E-state index is -0.698. The molecule has 6 heteroatoms. The number of ether oxygens (including phenoxy) is 1. The number of amides is 1. The average molecular weight is 320 g/mol. The highest BCUT2D eigenvalue weighted by Crippen LogP contribution is 2.27. The molecule has 2 N–H and O–H groups in total. The van der Waals surface area contributed by atoms with Gasteiger partial charge in [0.1, 0.15) is 5.41 Å². The van der Waals surface area contributed by atoms with Gasteiger partial charge < -0.3 is 15.2 Å². The summed E-state index contributed by atoms with van der Waals surface area (Å²) in [5.41, 5.74) is -0.698. The molecule has 1 aromatic heterocycles. The maximum atomic E-state index is 11.8. The van der Waals surface area contributed by atoms with Crippen molar-refractivity contribution >= 4 is 33.2 Å². The number of carbonyl (C=O) groups is 1. The van der Waals surface area contributed by atoms with E-state index in [1.807, 2.05) is 12.1 Å². The van der Waals surface area contributed by atoms with Gasteiger partial charge >= 0.3 is 0 Å². The molecule has 1 saturated heterocycles. The molecule has 2 rings (SSSR count). The predicted octanol–water partition coefficient (Wildman–Crippen LogP) is 1.18. The largest absolute Gasteiger partial charge is 0.395 e. The van der Waals surface area contributed by atoms with Crippen molar-refractivity contribution in [2.24, 2.45) is 5.41 Å². The third-order valence-corrected chi connectivity index (χ3v) is 4.51. The Bertz CT molecular complexity index is 398. The van der Waals surface area contributed by atoms with Gasteiger partial charge in [0.25, 0.3) is 0 Å². The monoisotopic (exact) mass is 319 g/mol. The van der Waals surface area contributed by atoms with Gasteiger partial charge in [-0.15, -0.1) is 11.3 Å². The smallest absolute Gasteiger partial charge is 0.233 e. The fourth-order valence-corrected chi connectivity index (χ4v) is 3.10. The van der Waals surface area contributed by atoms with Gasteiger partial charge in [-0.2, -0.15) is 0 Å². The van der Waals surface area contributed by atoms with Crippen molar-refractivity contribution in [2.75, 3.05) is 26.4 Å². The summed E-state index contributed by atoms with van der Waals surface area (Å²) in [5.74, 6) is -0.109. The first-order valence-corrected chi connectivity index (χ1v) is 6.98. The van der Waals surface area contributed by atoms with Gasteiger partial charge in [0.05, 0.1) is 23.6 Å². The molecule has 1 aliphatic rings. The SMILES string of the molecule is O=C(NCCc1ccc(Br)s1)C1(CO)COC1. The van der Waals surface area contributed by atoms with Gasteiger partial charge in [-0.3, -0.25) is 4.79 Å². The normalized spacial score (nSPS) is 17.5. The first kappa shape index (κ1) is 13.0. The molecule has 2 heterocycles. The summed E-state index contributed by atoms with van der Waals surface area (Å²) in [6.45, 7) is 1.08. The lowest BCUT2D eigenvalue weighted by Crippen LogP contribution is -2.56. The molecule has 1 fully saturated rings. The van der Waals surface area contributed by atoms with Crippen molar-refractivity contribution in [3.8, 4) is 0 Å². The summed E-state index contributed by atoms with van der Waals surface area (Å²) in [4.78, 5) is 13.0. The van der Waals surface area contributed by atoms with Crippen LogP contribution in [0.2, 0.25) is 0 Å². The second-order valence-corrected chi connectivity index (χ2v) is 6.69. The number of rotatable bonds is 5. The summed E-state index contributed by atoms with van der Waals surface area (Å²) in [7, 11) is 0. The van der Waals surface area contributed by atoms with E-state index >= 15 is 0 Å². The standard InChI is InChI=1S/C11H14BrNO3S/c12-9-2-1-8(17-9)3-4-13-10(15)11(5-14)6-16-7-11/h1-2,14H,3-7H2,(H,13,15). The van der Waals surface area contributed by atoms with Gasteiger partial charge in [0, 0.05) is 11.4 Å². The Balaban J connectivity index is 1.77. The van der Waals surface area contributed by atoms with Crippen LogP contribution in [0.25, 0.3) is 0 Å². The van der Waals surface area contributed by atoms with Crippen LogP contribution in [0.1, 0.15) is 4.88 Å². The summed E-state index contributed by atoms with van der Waals surface area (Å²) in [5, 5.41) is 12.0. The Morgan fingerprint density at radius 2 is 2.35 bits per heavy atom. The maximum Gasteiger partial charge on any atom is 0.233 e. The molecular weight excluding hydrogens is 306 g/mol. The molecule has 4 nitrogen and oxygen atoms in total. The van der Waals surface area contributed by atoms with Gasteiger partial charge in [0.2, 0.25) is 5.91 Å². The summed E-state index contributed by atoms with van der Waals surface area (Å²) >= 11 is 5.06. The fraction of sp³-hybridized carbons (Fsp3) is 0.545. The molecule has 1 aromatic rings. The third-order valence-electron chi connectivity index (χ3n) is 2.83. The van der Waals surface area contributed by atoms with E-state index in [-0.39, 0.29) is 12.5 Å². The first-order chi connectivity index (χ1) is 8.16. The molecule has 0 spiro atoms. The number of aliphatic hydroxyl groups excluding tert-OH is 1. The van der Waals surface area contributed by atoms with E-state index in [1.54, 1.807) is 11.3 Å². The number of halogens is 1. The number of aliphatic hydroxyl groups is 1. The number of thiophene rings is 1. The second kappa shape index (κ2) is 5.48. The molecule has 1 amide bonds. The number of hydrogen-bond acceptors (Lipinski definition) is 4. The predicted molar refractivity (Wildman–Crippen MR) is 69.1 cm³/mol. The zero-order valence-electron chi connectivity index (χ0n) is 9.24. The van der Waals surface area contributed by atoms with E-state index in [0.29, 0.717) is 19.8 Å². The van der Waals surface area contributed by atoms with E-state index in [0.717, 1.165) is 10.2 Å².